The van der Waals surface area contributed by atoms with Gasteiger partial charge in [0.05, 0.1) is 23.6 Å². The number of fused-ring (bicyclic) bond motifs is 6. The number of hydrogen-bond acceptors (Lipinski definition) is 4. The number of furan rings is 1. The number of para-hydroxylation sites is 2. The van der Waals surface area contributed by atoms with Crippen LogP contribution in [0.5, 0.6) is 0 Å². The second kappa shape index (κ2) is 11.4. The van der Waals surface area contributed by atoms with E-state index in [1.54, 1.807) is 0 Å². The third kappa shape index (κ3) is 4.60. The van der Waals surface area contributed by atoms with Crippen LogP contribution < -0.4 is 0 Å². The molecule has 3 aromatic heterocycles. The van der Waals surface area contributed by atoms with Crippen molar-refractivity contribution in [2.45, 2.75) is 0 Å². The minimum Gasteiger partial charge on any atom is -0.454 e. The summed E-state index contributed by atoms with van der Waals surface area (Å²) in [5, 5.41) is 3.78. The van der Waals surface area contributed by atoms with Gasteiger partial charge in [-0.15, -0.1) is 0 Å². The van der Waals surface area contributed by atoms with E-state index in [1.165, 1.54) is 0 Å². The molecule has 0 aliphatic heterocycles. The summed E-state index contributed by atoms with van der Waals surface area (Å²) in [6.45, 7) is 0. The molecule has 5 nitrogen and oxygen atoms in total. The maximum absolute atomic E-state index is 8.66. The van der Waals surface area contributed by atoms with Gasteiger partial charge in [0.25, 0.3) is 0 Å². The van der Waals surface area contributed by atoms with Crippen molar-refractivity contribution in [3.05, 3.63) is 170 Å². The summed E-state index contributed by atoms with van der Waals surface area (Å²) in [5.41, 5.74) is 7.22. The molecule has 0 atom stereocenters. The molecule has 50 heavy (non-hydrogen) atoms. The van der Waals surface area contributed by atoms with Crippen LogP contribution in [0.2, 0.25) is 0 Å². The van der Waals surface area contributed by atoms with E-state index in [0.717, 1.165) is 55.0 Å². The van der Waals surface area contributed by atoms with Gasteiger partial charge in [0.15, 0.2) is 23.1 Å². The lowest BCUT2D eigenvalue weighted by Crippen LogP contribution is -2.00. The Hall–Kier alpha value is -6.85. The summed E-state index contributed by atoms with van der Waals surface area (Å²) in [7, 11) is 0. The smallest absolute Gasteiger partial charge is 0.164 e. The third-order valence-electron chi connectivity index (χ3n) is 9.14. The van der Waals surface area contributed by atoms with Gasteiger partial charge in [0.2, 0.25) is 0 Å². The first-order chi connectivity index (χ1) is 26.9. The Labute approximate surface area is 294 Å². The highest BCUT2D eigenvalue weighted by atomic mass is 16.3. The summed E-state index contributed by atoms with van der Waals surface area (Å²) < 4.78 is 50.8. The molecule has 0 saturated heterocycles. The molecular formula is C45H28N4O. The van der Waals surface area contributed by atoms with Crippen LogP contribution in [0, 0.1) is 0 Å². The quantitative estimate of drug-likeness (QED) is 0.187. The average molecular weight is 646 g/mol. The van der Waals surface area contributed by atoms with Crippen molar-refractivity contribution in [3.63, 3.8) is 0 Å². The minimum atomic E-state index is -0.419. The first-order valence-corrected chi connectivity index (χ1v) is 16.3. The van der Waals surface area contributed by atoms with Crippen LogP contribution >= 0.6 is 0 Å². The van der Waals surface area contributed by atoms with Crippen LogP contribution in [0.4, 0.5) is 0 Å². The van der Waals surface area contributed by atoms with Gasteiger partial charge >= 0.3 is 0 Å². The Morgan fingerprint density at radius 1 is 0.440 bits per heavy atom. The first-order valence-electron chi connectivity index (χ1n) is 18.8. The molecule has 7 aromatic carbocycles. The predicted octanol–water partition coefficient (Wildman–Crippen LogP) is 11.5. The van der Waals surface area contributed by atoms with Crippen LogP contribution in [0.15, 0.2) is 174 Å². The fourth-order valence-electron chi connectivity index (χ4n) is 6.82. The lowest BCUT2D eigenvalue weighted by atomic mass is 10.0. The van der Waals surface area contributed by atoms with Crippen LogP contribution in [0.1, 0.15) is 6.85 Å². The molecule has 0 fully saturated rings. The largest absolute Gasteiger partial charge is 0.454 e. The van der Waals surface area contributed by atoms with Crippen LogP contribution in [-0.2, 0) is 0 Å². The highest BCUT2D eigenvalue weighted by molar-refractivity contribution is 6.13. The second-order valence-corrected chi connectivity index (χ2v) is 12.1. The van der Waals surface area contributed by atoms with Crippen LogP contribution in [0.25, 0.3) is 94.7 Å². The van der Waals surface area contributed by atoms with E-state index in [4.69, 9.17) is 26.2 Å². The van der Waals surface area contributed by atoms with Crippen LogP contribution in [-0.4, -0.2) is 19.5 Å². The van der Waals surface area contributed by atoms with Gasteiger partial charge in [-0.2, -0.15) is 0 Å². The van der Waals surface area contributed by atoms with Gasteiger partial charge in [0.1, 0.15) is 5.58 Å². The number of nitrogens with zero attached hydrogens (tertiary/aromatic N) is 4. The summed E-state index contributed by atoms with van der Waals surface area (Å²) in [4.78, 5) is 14.7. The summed E-state index contributed by atoms with van der Waals surface area (Å²) in [6, 6.07) is 43.9. The molecule has 0 saturated carbocycles. The summed E-state index contributed by atoms with van der Waals surface area (Å²) in [6.07, 6.45) is 0. The molecule has 0 spiro atoms. The molecule has 10 aromatic rings. The number of benzene rings is 7. The maximum Gasteiger partial charge on any atom is 0.164 e. The van der Waals surface area contributed by atoms with E-state index in [0.29, 0.717) is 34.2 Å². The summed E-state index contributed by atoms with van der Waals surface area (Å²) >= 11 is 0. The highest BCUT2D eigenvalue weighted by Crippen LogP contribution is 2.40. The molecule has 234 valence electrons. The SMILES string of the molecule is [2H]c1c([2H])c([2H])c(-c2ccc3c4ccccc4n(-c4cccc5c4oc4ccc(-c6nc(-c7ccccc7)nc(-c7ccccc7)n6)cc45)c3c2)c([2H])c1[2H]. The topological polar surface area (TPSA) is 56.7 Å². The molecule has 0 radical (unpaired) electrons. The fraction of sp³-hybridized carbons (Fsp3) is 0. The van der Waals surface area contributed by atoms with Gasteiger partial charge < -0.3 is 8.98 Å². The number of aromatic nitrogens is 4. The Kier molecular flexibility index (Phi) is 5.35. The zero-order valence-electron chi connectivity index (χ0n) is 31.5. The van der Waals surface area contributed by atoms with Gasteiger partial charge in [-0.25, -0.2) is 15.0 Å². The highest BCUT2D eigenvalue weighted by Gasteiger charge is 2.19. The summed E-state index contributed by atoms with van der Waals surface area (Å²) in [5.74, 6) is 1.71. The third-order valence-corrected chi connectivity index (χ3v) is 9.14. The van der Waals surface area contributed by atoms with Gasteiger partial charge in [-0.3, -0.25) is 0 Å². The lowest BCUT2D eigenvalue weighted by Gasteiger charge is -2.10. The van der Waals surface area contributed by atoms with Crippen molar-refractivity contribution in [3.8, 4) is 51.0 Å². The zero-order chi connectivity index (χ0) is 37.4. The van der Waals surface area contributed by atoms with E-state index in [1.807, 2.05) is 121 Å². The van der Waals surface area contributed by atoms with E-state index in [2.05, 4.69) is 22.8 Å². The Bertz CT molecular complexity index is 3070. The molecular weight excluding hydrogens is 613 g/mol. The molecule has 0 bridgehead atoms. The van der Waals surface area contributed by atoms with E-state index in [9.17, 15) is 0 Å². The normalized spacial score (nSPS) is 13.0. The standard InChI is InChI=1S/C45H28N4O/c1-4-13-29(14-5-1)32-23-25-35-34-19-10-11-21-38(34)49(40(35)28-32)39-22-12-20-36-37-27-33(24-26-41(37)50-42(36)39)45-47-43(30-15-6-2-7-16-30)46-44(48-45)31-17-8-3-9-18-31/h1-28H/i1D,4D,5D,13D,14D. The monoisotopic (exact) mass is 645 g/mol. The Balaban J connectivity index is 1.18. The minimum absolute atomic E-state index is 0.156. The van der Waals surface area contributed by atoms with E-state index < -0.39 is 6.04 Å². The molecule has 0 aliphatic rings. The van der Waals surface area contributed by atoms with Crippen molar-refractivity contribution in [1.82, 2.24) is 19.5 Å². The van der Waals surface area contributed by atoms with Gasteiger partial charge in [-0.05, 0) is 47.5 Å². The molecule has 0 N–H and O–H groups in total. The van der Waals surface area contributed by atoms with E-state index in [-0.39, 0.29) is 29.7 Å². The Morgan fingerprint density at radius 2 is 1.06 bits per heavy atom. The second-order valence-electron chi connectivity index (χ2n) is 12.1. The molecule has 5 heteroatoms. The van der Waals surface area contributed by atoms with Crippen molar-refractivity contribution >= 4 is 43.7 Å². The van der Waals surface area contributed by atoms with Gasteiger partial charge in [0, 0.05) is 38.2 Å². The fourth-order valence-corrected chi connectivity index (χ4v) is 6.82. The zero-order valence-corrected chi connectivity index (χ0v) is 26.5. The molecule has 10 rings (SSSR count). The van der Waals surface area contributed by atoms with Crippen molar-refractivity contribution in [2.75, 3.05) is 0 Å². The average Bonchev–Trinajstić information content (AvgIpc) is 3.78. The number of rotatable bonds is 5. The molecule has 3 heterocycles. The van der Waals surface area contributed by atoms with Gasteiger partial charge in [-0.1, -0.05) is 133 Å². The Morgan fingerprint density at radius 3 is 1.80 bits per heavy atom. The maximum atomic E-state index is 8.66. The predicted molar refractivity (Wildman–Crippen MR) is 203 cm³/mol. The first kappa shape index (κ1) is 23.5. The number of hydrogen-bond donors (Lipinski definition) is 0. The lowest BCUT2D eigenvalue weighted by molar-refractivity contribution is 0.666. The van der Waals surface area contributed by atoms with Crippen molar-refractivity contribution < 1.29 is 11.3 Å². The van der Waals surface area contributed by atoms with Crippen molar-refractivity contribution in [2.24, 2.45) is 0 Å². The van der Waals surface area contributed by atoms with Crippen molar-refractivity contribution in [1.29, 1.82) is 0 Å². The molecule has 0 unspecified atom stereocenters. The van der Waals surface area contributed by atoms with E-state index >= 15 is 0 Å². The molecule has 0 amide bonds. The molecule has 0 aliphatic carbocycles. The van der Waals surface area contributed by atoms with Crippen LogP contribution in [0.3, 0.4) is 0 Å².